The Balaban J connectivity index is 1.59. The van der Waals surface area contributed by atoms with Gasteiger partial charge in [-0.15, -0.1) is 0 Å². The van der Waals surface area contributed by atoms with Gasteiger partial charge in [0.1, 0.15) is 12.1 Å². The van der Waals surface area contributed by atoms with E-state index in [4.69, 9.17) is 4.74 Å². The van der Waals surface area contributed by atoms with Crippen LogP contribution in [0, 0.1) is 11.7 Å². The number of benzene rings is 1. The fourth-order valence-corrected chi connectivity index (χ4v) is 2.66. The summed E-state index contributed by atoms with van der Waals surface area (Å²) in [5.74, 6) is -0.328. The van der Waals surface area contributed by atoms with E-state index in [1.54, 1.807) is 19.1 Å². The van der Waals surface area contributed by atoms with Crippen LogP contribution >= 0.6 is 0 Å². The smallest absolute Gasteiger partial charge is 0.325 e. The van der Waals surface area contributed by atoms with Gasteiger partial charge in [-0.05, 0) is 37.8 Å². The Hall–Kier alpha value is -2.11. The molecule has 0 spiro atoms. The molecule has 3 amide bonds. The van der Waals surface area contributed by atoms with Gasteiger partial charge in [-0.1, -0.05) is 12.1 Å². The molecule has 21 heavy (non-hydrogen) atoms. The fourth-order valence-electron chi connectivity index (χ4n) is 2.66. The summed E-state index contributed by atoms with van der Waals surface area (Å²) in [4.78, 5) is 25.4. The highest BCUT2D eigenvalue weighted by molar-refractivity contribution is 6.07. The lowest BCUT2D eigenvalue weighted by Gasteiger charge is -2.21. The number of carbonyl (C=O) groups is 2. The Kier molecular flexibility index (Phi) is 3.31. The maximum absolute atomic E-state index is 13.4. The number of rotatable bonds is 5. The van der Waals surface area contributed by atoms with Gasteiger partial charge in [-0.2, -0.15) is 0 Å². The fraction of sp³-hybridized carbons (Fsp3) is 0.467. The average molecular weight is 292 g/mol. The van der Waals surface area contributed by atoms with Crippen LogP contribution in [0.25, 0.3) is 0 Å². The topological polar surface area (TPSA) is 58.6 Å². The Morgan fingerprint density at radius 1 is 1.38 bits per heavy atom. The molecule has 0 bridgehead atoms. The number of nitrogens with one attached hydrogen (secondary N) is 1. The Morgan fingerprint density at radius 3 is 2.76 bits per heavy atom. The maximum atomic E-state index is 13.4. The van der Waals surface area contributed by atoms with Crippen LogP contribution in [-0.4, -0.2) is 35.5 Å². The van der Waals surface area contributed by atoms with Crippen LogP contribution in [0.1, 0.15) is 19.8 Å². The lowest BCUT2D eigenvalue weighted by Crippen LogP contribution is -2.46. The van der Waals surface area contributed by atoms with Gasteiger partial charge in [0.25, 0.3) is 5.91 Å². The van der Waals surface area contributed by atoms with Crippen molar-refractivity contribution in [2.24, 2.45) is 5.92 Å². The van der Waals surface area contributed by atoms with Crippen molar-refractivity contribution in [3.8, 4) is 5.75 Å². The minimum Gasteiger partial charge on any atom is -0.489 e. The zero-order chi connectivity index (χ0) is 15.0. The molecule has 3 rings (SSSR count). The van der Waals surface area contributed by atoms with E-state index in [1.165, 1.54) is 12.1 Å². The van der Waals surface area contributed by atoms with Crippen LogP contribution in [0.3, 0.4) is 0 Å². The molecule has 1 saturated heterocycles. The molecule has 112 valence electrons. The lowest BCUT2D eigenvalue weighted by molar-refractivity contribution is -0.131. The third kappa shape index (κ3) is 2.46. The Bertz CT molecular complexity index is 588. The molecule has 1 aromatic rings. The first kappa shape index (κ1) is 13.9. The van der Waals surface area contributed by atoms with Crippen molar-refractivity contribution < 1.29 is 18.7 Å². The molecule has 1 aliphatic carbocycles. The third-order valence-corrected chi connectivity index (χ3v) is 4.10. The van der Waals surface area contributed by atoms with E-state index < -0.39 is 17.4 Å². The number of amides is 3. The van der Waals surface area contributed by atoms with Gasteiger partial charge >= 0.3 is 6.03 Å². The van der Waals surface area contributed by atoms with Gasteiger partial charge in [0.15, 0.2) is 11.6 Å². The summed E-state index contributed by atoms with van der Waals surface area (Å²) in [5, 5.41) is 2.76. The first-order valence-corrected chi connectivity index (χ1v) is 7.04. The van der Waals surface area contributed by atoms with E-state index in [2.05, 4.69) is 5.32 Å². The van der Waals surface area contributed by atoms with E-state index >= 15 is 0 Å². The van der Waals surface area contributed by atoms with Gasteiger partial charge < -0.3 is 10.1 Å². The zero-order valence-electron chi connectivity index (χ0n) is 11.8. The van der Waals surface area contributed by atoms with Crippen LogP contribution in [0.2, 0.25) is 0 Å². The number of urea groups is 1. The number of para-hydroxylation sites is 1. The van der Waals surface area contributed by atoms with Gasteiger partial charge in [-0.25, -0.2) is 9.18 Å². The van der Waals surface area contributed by atoms with Gasteiger partial charge in [0.05, 0.1) is 6.54 Å². The quantitative estimate of drug-likeness (QED) is 0.844. The van der Waals surface area contributed by atoms with Crippen LogP contribution in [0.4, 0.5) is 9.18 Å². The van der Waals surface area contributed by atoms with Gasteiger partial charge in [-0.3, -0.25) is 9.69 Å². The van der Waals surface area contributed by atoms with E-state index in [9.17, 15) is 14.0 Å². The van der Waals surface area contributed by atoms with Crippen molar-refractivity contribution in [1.29, 1.82) is 0 Å². The van der Waals surface area contributed by atoms with Crippen molar-refractivity contribution in [2.45, 2.75) is 25.3 Å². The number of carbonyl (C=O) groups excluding carboxylic acids is 2. The van der Waals surface area contributed by atoms with Crippen molar-refractivity contribution in [3.05, 3.63) is 30.1 Å². The second-order valence-corrected chi connectivity index (χ2v) is 5.64. The molecule has 1 heterocycles. The van der Waals surface area contributed by atoms with Crippen LogP contribution in [-0.2, 0) is 4.79 Å². The predicted octanol–water partition coefficient (Wildman–Crippen LogP) is 1.93. The molecular weight excluding hydrogens is 275 g/mol. The molecule has 0 radical (unpaired) electrons. The van der Waals surface area contributed by atoms with Crippen LogP contribution < -0.4 is 10.1 Å². The van der Waals surface area contributed by atoms with E-state index in [-0.39, 0.29) is 30.7 Å². The van der Waals surface area contributed by atoms with Crippen molar-refractivity contribution in [3.63, 3.8) is 0 Å². The largest absolute Gasteiger partial charge is 0.489 e. The summed E-state index contributed by atoms with van der Waals surface area (Å²) in [7, 11) is 0. The Morgan fingerprint density at radius 2 is 2.10 bits per heavy atom. The minimum absolute atomic E-state index is 0.0703. The molecule has 5 nitrogen and oxygen atoms in total. The molecule has 1 saturated carbocycles. The van der Waals surface area contributed by atoms with E-state index in [0.29, 0.717) is 0 Å². The number of hydrogen-bond acceptors (Lipinski definition) is 3. The summed E-state index contributed by atoms with van der Waals surface area (Å²) < 4.78 is 18.7. The third-order valence-electron chi connectivity index (χ3n) is 4.10. The number of nitrogens with zero attached hydrogens (tertiary/aromatic N) is 1. The molecule has 1 unspecified atom stereocenters. The maximum Gasteiger partial charge on any atom is 0.325 e. The van der Waals surface area contributed by atoms with Gasteiger partial charge in [0.2, 0.25) is 0 Å². The highest BCUT2D eigenvalue weighted by atomic mass is 19.1. The normalized spacial score (nSPS) is 25.1. The monoisotopic (exact) mass is 292 g/mol. The SMILES string of the molecule is CC1(C2CC2)NC(=O)N(CCOc2ccccc2F)C1=O. The molecule has 1 N–H and O–H groups in total. The summed E-state index contributed by atoms with van der Waals surface area (Å²) in [6, 6.07) is 5.64. The predicted molar refractivity (Wildman–Crippen MR) is 73.3 cm³/mol. The molecule has 1 aromatic carbocycles. The second-order valence-electron chi connectivity index (χ2n) is 5.64. The highest BCUT2D eigenvalue weighted by Gasteiger charge is 2.55. The first-order chi connectivity index (χ1) is 10.0. The van der Waals surface area contributed by atoms with Crippen molar-refractivity contribution in [2.75, 3.05) is 13.2 Å². The Labute approximate surface area is 122 Å². The lowest BCUT2D eigenvalue weighted by atomic mass is 9.96. The molecule has 1 atom stereocenters. The molecule has 0 aromatic heterocycles. The molecule has 6 heteroatoms. The average Bonchev–Trinajstić information content (AvgIpc) is 3.26. The number of ether oxygens (including phenoxy) is 1. The molecule has 2 fully saturated rings. The summed E-state index contributed by atoms with van der Waals surface area (Å²) in [5.41, 5.74) is -0.783. The number of hydrogen-bond donors (Lipinski definition) is 1. The molecule has 2 aliphatic rings. The minimum atomic E-state index is -0.783. The van der Waals surface area contributed by atoms with Gasteiger partial charge in [0, 0.05) is 0 Å². The summed E-state index contributed by atoms with van der Waals surface area (Å²) in [6.07, 6.45) is 1.92. The van der Waals surface area contributed by atoms with Crippen LogP contribution in [0.15, 0.2) is 24.3 Å². The van der Waals surface area contributed by atoms with Crippen molar-refractivity contribution >= 4 is 11.9 Å². The standard InChI is InChI=1S/C15H17FN2O3/c1-15(10-6-7-10)13(19)18(14(20)17-15)8-9-21-12-5-3-2-4-11(12)16/h2-5,10H,6-9H2,1H3,(H,17,20). The molecule has 1 aliphatic heterocycles. The first-order valence-electron chi connectivity index (χ1n) is 7.04. The molecular formula is C15H17FN2O3. The summed E-state index contributed by atoms with van der Waals surface area (Å²) in [6.45, 7) is 1.95. The van der Waals surface area contributed by atoms with E-state index in [0.717, 1.165) is 17.7 Å². The summed E-state index contributed by atoms with van der Waals surface area (Å²) >= 11 is 0. The highest BCUT2D eigenvalue weighted by Crippen LogP contribution is 2.42. The second kappa shape index (κ2) is 5.02. The number of halogens is 1. The van der Waals surface area contributed by atoms with Crippen LogP contribution in [0.5, 0.6) is 5.75 Å². The zero-order valence-corrected chi connectivity index (χ0v) is 11.8. The number of imide groups is 1. The van der Waals surface area contributed by atoms with Crippen molar-refractivity contribution in [1.82, 2.24) is 10.2 Å². The van der Waals surface area contributed by atoms with E-state index in [1.807, 2.05) is 0 Å².